The van der Waals surface area contributed by atoms with Crippen molar-refractivity contribution in [2.45, 2.75) is 13.8 Å². The third-order valence-electron chi connectivity index (χ3n) is 2.42. The molecule has 0 bridgehead atoms. The number of anilines is 1. The number of carbonyl (C=O) groups excluding carboxylic acids is 1. The third-order valence-corrected chi connectivity index (χ3v) is 2.42. The van der Waals surface area contributed by atoms with Crippen LogP contribution < -0.4 is 10.6 Å². The molecule has 1 amide bonds. The Morgan fingerprint density at radius 2 is 1.94 bits per heavy atom. The smallest absolute Gasteiger partial charge is 0.323 e. The van der Waals surface area contributed by atoms with Crippen molar-refractivity contribution in [3.63, 3.8) is 0 Å². The lowest BCUT2D eigenvalue weighted by atomic mass is 10.1. The highest BCUT2D eigenvalue weighted by atomic mass is 16.4. The molecule has 1 aromatic rings. The van der Waals surface area contributed by atoms with Gasteiger partial charge in [-0.1, -0.05) is 26.0 Å². The summed E-state index contributed by atoms with van der Waals surface area (Å²) in [6.45, 7) is 4.38. The Hall–Kier alpha value is -2.04. The number of aliphatic carboxylic acids is 1. The van der Waals surface area contributed by atoms with E-state index >= 15 is 0 Å². The number of nitrogens with zero attached hydrogens (tertiary/aromatic N) is 1. The minimum Gasteiger partial charge on any atom is -0.480 e. The van der Waals surface area contributed by atoms with Gasteiger partial charge in [-0.3, -0.25) is 9.59 Å². The number of para-hydroxylation sites is 1. The van der Waals surface area contributed by atoms with Gasteiger partial charge in [0.2, 0.25) is 0 Å². The Kier molecular flexibility index (Phi) is 4.71. The molecule has 0 saturated carbocycles. The highest BCUT2D eigenvalue weighted by Crippen LogP contribution is 2.20. The number of carboxylic acid groups (broad SMARTS) is 1. The van der Waals surface area contributed by atoms with Gasteiger partial charge < -0.3 is 15.7 Å². The molecule has 0 spiro atoms. The Bertz CT molecular complexity index is 444. The standard InChI is InChI=1S/C13H18N2O3/c1-9(2)7-15(8-12(16)17)11-6-4-3-5-10(11)13(14)18/h3-6,9H,7-8H2,1-2H3,(H2,14,18)(H,16,17). The predicted octanol–water partition coefficient (Wildman–Crippen LogP) is 1.33. The van der Waals surface area contributed by atoms with E-state index in [9.17, 15) is 9.59 Å². The Morgan fingerprint density at radius 1 is 1.33 bits per heavy atom. The molecule has 0 radical (unpaired) electrons. The molecule has 0 atom stereocenters. The third kappa shape index (κ3) is 3.76. The first kappa shape index (κ1) is 14.0. The monoisotopic (exact) mass is 250 g/mol. The zero-order chi connectivity index (χ0) is 13.7. The molecule has 98 valence electrons. The summed E-state index contributed by atoms with van der Waals surface area (Å²) in [5, 5.41) is 8.93. The maximum absolute atomic E-state index is 11.3. The van der Waals surface area contributed by atoms with E-state index in [0.29, 0.717) is 17.8 Å². The minimum absolute atomic E-state index is 0.150. The van der Waals surface area contributed by atoms with Gasteiger partial charge in [-0.05, 0) is 18.1 Å². The summed E-state index contributed by atoms with van der Waals surface area (Å²) < 4.78 is 0. The summed E-state index contributed by atoms with van der Waals surface area (Å²) in [4.78, 5) is 23.9. The topological polar surface area (TPSA) is 83.6 Å². The number of primary amides is 1. The van der Waals surface area contributed by atoms with Crippen LogP contribution in [0.4, 0.5) is 5.69 Å². The summed E-state index contributed by atoms with van der Waals surface area (Å²) in [6, 6.07) is 6.78. The van der Waals surface area contributed by atoms with Crippen LogP contribution in [-0.2, 0) is 4.79 Å². The fraction of sp³-hybridized carbons (Fsp3) is 0.385. The van der Waals surface area contributed by atoms with Crippen molar-refractivity contribution in [2.24, 2.45) is 11.7 Å². The van der Waals surface area contributed by atoms with Crippen LogP contribution in [0.25, 0.3) is 0 Å². The van der Waals surface area contributed by atoms with E-state index in [1.807, 2.05) is 13.8 Å². The molecule has 0 heterocycles. The molecule has 0 fully saturated rings. The number of carboxylic acids is 1. The lowest BCUT2D eigenvalue weighted by molar-refractivity contribution is -0.135. The van der Waals surface area contributed by atoms with Crippen molar-refractivity contribution in [1.82, 2.24) is 0 Å². The second-order valence-corrected chi connectivity index (χ2v) is 4.55. The van der Waals surface area contributed by atoms with Gasteiger partial charge in [-0.25, -0.2) is 0 Å². The van der Waals surface area contributed by atoms with Crippen molar-refractivity contribution >= 4 is 17.6 Å². The Labute approximate surface area is 106 Å². The lowest BCUT2D eigenvalue weighted by Crippen LogP contribution is -2.34. The molecule has 0 unspecified atom stereocenters. The van der Waals surface area contributed by atoms with Crippen LogP contribution in [0.1, 0.15) is 24.2 Å². The van der Waals surface area contributed by atoms with Crippen molar-refractivity contribution in [1.29, 1.82) is 0 Å². The normalized spacial score (nSPS) is 10.4. The van der Waals surface area contributed by atoms with E-state index in [1.165, 1.54) is 0 Å². The van der Waals surface area contributed by atoms with Gasteiger partial charge in [0.15, 0.2) is 0 Å². The fourth-order valence-electron chi connectivity index (χ4n) is 1.81. The summed E-state index contributed by atoms with van der Waals surface area (Å²) in [6.07, 6.45) is 0. The first-order chi connectivity index (χ1) is 8.41. The van der Waals surface area contributed by atoms with Crippen molar-refractivity contribution in [3.8, 4) is 0 Å². The van der Waals surface area contributed by atoms with Crippen molar-refractivity contribution in [2.75, 3.05) is 18.0 Å². The van der Waals surface area contributed by atoms with Crippen molar-refractivity contribution < 1.29 is 14.7 Å². The molecule has 0 saturated heterocycles. The van der Waals surface area contributed by atoms with Gasteiger partial charge in [0, 0.05) is 6.54 Å². The number of benzene rings is 1. The molecular formula is C13H18N2O3. The van der Waals surface area contributed by atoms with Gasteiger partial charge >= 0.3 is 5.97 Å². The zero-order valence-corrected chi connectivity index (χ0v) is 10.6. The van der Waals surface area contributed by atoms with Crippen LogP contribution in [0.3, 0.4) is 0 Å². The number of amides is 1. The molecule has 0 aliphatic rings. The molecule has 0 aliphatic heterocycles. The van der Waals surface area contributed by atoms with Gasteiger partial charge in [0.05, 0.1) is 11.3 Å². The molecule has 3 N–H and O–H groups in total. The zero-order valence-electron chi connectivity index (χ0n) is 10.6. The highest BCUT2D eigenvalue weighted by Gasteiger charge is 2.17. The molecule has 5 heteroatoms. The molecule has 1 aromatic carbocycles. The summed E-state index contributed by atoms with van der Waals surface area (Å²) in [5.41, 5.74) is 6.22. The van der Waals surface area contributed by atoms with Crippen LogP contribution in [0, 0.1) is 5.92 Å². The number of nitrogens with two attached hydrogens (primary N) is 1. The van der Waals surface area contributed by atoms with Crippen molar-refractivity contribution in [3.05, 3.63) is 29.8 Å². The molecule has 18 heavy (non-hydrogen) atoms. The van der Waals surface area contributed by atoms with Crippen LogP contribution in [-0.4, -0.2) is 30.1 Å². The number of hydrogen-bond acceptors (Lipinski definition) is 3. The maximum Gasteiger partial charge on any atom is 0.323 e. The fourth-order valence-corrected chi connectivity index (χ4v) is 1.81. The largest absolute Gasteiger partial charge is 0.480 e. The van der Waals surface area contributed by atoms with Gasteiger partial charge in [-0.2, -0.15) is 0 Å². The summed E-state index contributed by atoms with van der Waals surface area (Å²) in [7, 11) is 0. The summed E-state index contributed by atoms with van der Waals surface area (Å²) >= 11 is 0. The van der Waals surface area contributed by atoms with E-state index in [1.54, 1.807) is 29.2 Å². The first-order valence-electron chi connectivity index (χ1n) is 5.77. The van der Waals surface area contributed by atoms with E-state index in [2.05, 4.69) is 0 Å². The Balaban J connectivity index is 3.11. The summed E-state index contributed by atoms with van der Waals surface area (Å²) in [5.74, 6) is -1.20. The number of rotatable bonds is 6. The quantitative estimate of drug-likeness (QED) is 0.797. The second-order valence-electron chi connectivity index (χ2n) is 4.55. The van der Waals surface area contributed by atoms with E-state index in [0.717, 1.165) is 0 Å². The first-order valence-corrected chi connectivity index (χ1v) is 5.77. The number of carbonyl (C=O) groups is 2. The average molecular weight is 250 g/mol. The average Bonchev–Trinajstić information content (AvgIpc) is 2.26. The highest BCUT2D eigenvalue weighted by molar-refractivity contribution is 5.99. The minimum atomic E-state index is -0.935. The van der Waals surface area contributed by atoms with Crippen LogP contribution in [0.5, 0.6) is 0 Å². The number of hydrogen-bond donors (Lipinski definition) is 2. The SMILES string of the molecule is CC(C)CN(CC(=O)O)c1ccccc1C(N)=O. The Morgan fingerprint density at radius 3 is 2.44 bits per heavy atom. The second kappa shape index (κ2) is 6.05. The van der Waals surface area contributed by atoms with Crippen LogP contribution >= 0.6 is 0 Å². The van der Waals surface area contributed by atoms with E-state index in [-0.39, 0.29) is 12.5 Å². The molecule has 0 aromatic heterocycles. The molecule has 5 nitrogen and oxygen atoms in total. The lowest BCUT2D eigenvalue weighted by Gasteiger charge is -2.26. The van der Waals surface area contributed by atoms with E-state index < -0.39 is 11.9 Å². The predicted molar refractivity (Wildman–Crippen MR) is 69.6 cm³/mol. The molecule has 1 rings (SSSR count). The maximum atomic E-state index is 11.3. The van der Waals surface area contributed by atoms with Crippen LogP contribution in [0.2, 0.25) is 0 Å². The van der Waals surface area contributed by atoms with E-state index in [4.69, 9.17) is 10.8 Å². The van der Waals surface area contributed by atoms with Gasteiger partial charge in [-0.15, -0.1) is 0 Å². The van der Waals surface area contributed by atoms with Gasteiger partial charge in [0.25, 0.3) is 5.91 Å². The molecular weight excluding hydrogens is 232 g/mol. The molecule has 0 aliphatic carbocycles. The van der Waals surface area contributed by atoms with Gasteiger partial charge in [0.1, 0.15) is 6.54 Å². The van der Waals surface area contributed by atoms with Crippen LogP contribution in [0.15, 0.2) is 24.3 Å².